The Bertz CT molecular complexity index is 363. The third-order valence-electron chi connectivity index (χ3n) is 1.56. The van der Waals surface area contributed by atoms with Gasteiger partial charge in [-0.1, -0.05) is 6.07 Å². The Morgan fingerprint density at radius 2 is 2.25 bits per heavy atom. The molecule has 0 saturated heterocycles. The van der Waals surface area contributed by atoms with Crippen molar-refractivity contribution in [1.82, 2.24) is 0 Å². The van der Waals surface area contributed by atoms with Crippen molar-refractivity contribution in [3.63, 3.8) is 0 Å². The number of amides is 1. The second-order valence-corrected chi connectivity index (χ2v) is 2.53. The lowest BCUT2D eigenvalue weighted by molar-refractivity contribution is 0.1000. The fourth-order valence-corrected chi connectivity index (χ4v) is 0.965. The zero-order valence-corrected chi connectivity index (χ0v) is 6.66. The summed E-state index contributed by atoms with van der Waals surface area (Å²) in [6.45, 7) is 1.85. The molecule has 1 aromatic carbocycles. The van der Waals surface area contributed by atoms with Gasteiger partial charge in [0.25, 0.3) is 0 Å². The predicted molar refractivity (Wildman–Crippen MR) is 44.4 cm³/mol. The number of aryl methyl sites for hydroxylation is 1. The molecule has 0 aliphatic rings. The first-order valence-corrected chi connectivity index (χ1v) is 3.45. The minimum absolute atomic E-state index is 0.281. The van der Waals surface area contributed by atoms with Crippen LogP contribution in [-0.2, 0) is 0 Å². The summed E-state index contributed by atoms with van der Waals surface area (Å²) in [5.41, 5.74) is 6.61. The average Bonchev–Trinajstić information content (AvgIpc) is 2.03. The third-order valence-corrected chi connectivity index (χ3v) is 1.56. The highest BCUT2D eigenvalue weighted by atomic mass is 16.1. The van der Waals surface area contributed by atoms with Crippen LogP contribution in [0.25, 0.3) is 0 Å². The van der Waals surface area contributed by atoms with Crippen LogP contribution in [0.15, 0.2) is 18.2 Å². The molecule has 1 aromatic rings. The molecule has 0 aromatic heterocycles. The van der Waals surface area contributed by atoms with Gasteiger partial charge in [-0.3, -0.25) is 4.79 Å². The Labute approximate surface area is 70.4 Å². The van der Waals surface area contributed by atoms with Gasteiger partial charge in [-0.2, -0.15) is 5.26 Å². The lowest BCUT2D eigenvalue weighted by atomic mass is 10.1. The van der Waals surface area contributed by atoms with E-state index < -0.39 is 5.91 Å². The summed E-state index contributed by atoms with van der Waals surface area (Å²) in [5.74, 6) is -0.563. The molecule has 0 aliphatic carbocycles. The molecular formula is C9H8N2O. The normalized spacial score (nSPS) is 9.00. The van der Waals surface area contributed by atoms with Gasteiger partial charge >= 0.3 is 0 Å². The van der Waals surface area contributed by atoms with E-state index in [-0.39, 0.29) is 5.56 Å². The smallest absolute Gasteiger partial charge is 0.250 e. The van der Waals surface area contributed by atoms with Crippen LogP contribution in [0.3, 0.4) is 0 Å². The molecule has 0 atom stereocenters. The van der Waals surface area contributed by atoms with Crippen molar-refractivity contribution in [1.29, 1.82) is 5.26 Å². The molecule has 0 bridgehead atoms. The number of hydrogen-bond acceptors (Lipinski definition) is 2. The van der Waals surface area contributed by atoms with Crippen molar-refractivity contribution in [2.24, 2.45) is 5.73 Å². The number of rotatable bonds is 1. The van der Waals surface area contributed by atoms with Crippen molar-refractivity contribution in [2.75, 3.05) is 0 Å². The molecule has 0 fully saturated rings. The highest BCUT2D eigenvalue weighted by molar-refractivity contribution is 5.95. The van der Waals surface area contributed by atoms with Crippen molar-refractivity contribution >= 4 is 5.91 Å². The molecule has 2 N–H and O–H groups in total. The van der Waals surface area contributed by atoms with E-state index in [4.69, 9.17) is 11.0 Å². The summed E-state index contributed by atoms with van der Waals surface area (Å²) < 4.78 is 0. The molecule has 0 aliphatic heterocycles. The number of nitriles is 1. The number of carbonyl (C=O) groups excluding carboxylic acids is 1. The fraction of sp³-hybridized carbons (Fsp3) is 0.111. The van der Waals surface area contributed by atoms with Gasteiger partial charge in [0.05, 0.1) is 17.2 Å². The molecule has 3 nitrogen and oxygen atoms in total. The highest BCUT2D eigenvalue weighted by Gasteiger charge is 2.06. The summed E-state index contributed by atoms with van der Waals surface area (Å²) in [6, 6.07) is 6.87. The van der Waals surface area contributed by atoms with Gasteiger partial charge in [-0.05, 0) is 24.6 Å². The van der Waals surface area contributed by atoms with Gasteiger partial charge in [-0.25, -0.2) is 0 Å². The maximum absolute atomic E-state index is 10.8. The van der Waals surface area contributed by atoms with Crippen molar-refractivity contribution in [2.45, 2.75) is 6.92 Å². The van der Waals surface area contributed by atoms with E-state index in [1.807, 2.05) is 13.0 Å². The Morgan fingerprint density at radius 1 is 1.58 bits per heavy atom. The van der Waals surface area contributed by atoms with Crippen molar-refractivity contribution in [3.8, 4) is 6.07 Å². The second-order valence-electron chi connectivity index (χ2n) is 2.53. The van der Waals surface area contributed by atoms with Crippen LogP contribution in [0.1, 0.15) is 21.5 Å². The second kappa shape index (κ2) is 3.05. The van der Waals surface area contributed by atoms with Crippen LogP contribution >= 0.6 is 0 Å². The molecule has 0 spiro atoms. The zero-order valence-electron chi connectivity index (χ0n) is 6.66. The van der Waals surface area contributed by atoms with Gasteiger partial charge in [0.15, 0.2) is 0 Å². The van der Waals surface area contributed by atoms with Gasteiger partial charge < -0.3 is 5.73 Å². The molecule has 0 unspecified atom stereocenters. The lowest BCUT2D eigenvalue weighted by Crippen LogP contribution is -2.12. The average molecular weight is 160 g/mol. The molecule has 3 heteroatoms. The van der Waals surface area contributed by atoms with Crippen LogP contribution in [0, 0.1) is 18.3 Å². The Morgan fingerprint density at radius 3 is 2.75 bits per heavy atom. The highest BCUT2D eigenvalue weighted by Crippen LogP contribution is 2.09. The Kier molecular flexibility index (Phi) is 2.11. The Hall–Kier alpha value is -1.82. The summed E-state index contributed by atoms with van der Waals surface area (Å²) >= 11 is 0. The quantitative estimate of drug-likeness (QED) is 0.665. The summed E-state index contributed by atoms with van der Waals surface area (Å²) in [7, 11) is 0. The first kappa shape index (κ1) is 8.28. The van der Waals surface area contributed by atoms with E-state index in [2.05, 4.69) is 0 Å². The molecule has 60 valence electrons. The van der Waals surface area contributed by atoms with E-state index in [1.54, 1.807) is 18.2 Å². The SMILES string of the molecule is Cc1ccc(C(N)=O)c(C#N)c1. The lowest BCUT2D eigenvalue weighted by Gasteiger charge is -1.98. The number of primary amides is 1. The minimum Gasteiger partial charge on any atom is -0.366 e. The fourth-order valence-electron chi connectivity index (χ4n) is 0.965. The first-order valence-electron chi connectivity index (χ1n) is 3.45. The van der Waals surface area contributed by atoms with Gasteiger partial charge in [-0.15, -0.1) is 0 Å². The summed E-state index contributed by atoms with van der Waals surface area (Å²) in [5, 5.41) is 8.63. The zero-order chi connectivity index (χ0) is 9.14. The first-order chi connectivity index (χ1) is 5.65. The monoisotopic (exact) mass is 160 g/mol. The van der Waals surface area contributed by atoms with E-state index in [0.29, 0.717) is 5.56 Å². The van der Waals surface area contributed by atoms with Crippen LogP contribution in [-0.4, -0.2) is 5.91 Å². The molecule has 0 heterocycles. The summed E-state index contributed by atoms with van der Waals surface area (Å²) in [6.07, 6.45) is 0. The topological polar surface area (TPSA) is 66.9 Å². The van der Waals surface area contributed by atoms with Crippen LogP contribution in [0.4, 0.5) is 0 Å². The summed E-state index contributed by atoms with van der Waals surface area (Å²) in [4.78, 5) is 10.8. The minimum atomic E-state index is -0.563. The molecule has 12 heavy (non-hydrogen) atoms. The molecule has 0 radical (unpaired) electrons. The number of benzene rings is 1. The number of nitrogens with zero attached hydrogens (tertiary/aromatic N) is 1. The molecule has 1 amide bonds. The molecule has 0 saturated carbocycles. The van der Waals surface area contributed by atoms with Crippen LogP contribution in [0.2, 0.25) is 0 Å². The predicted octanol–water partition coefficient (Wildman–Crippen LogP) is 0.966. The van der Waals surface area contributed by atoms with Gasteiger partial charge in [0.1, 0.15) is 0 Å². The maximum Gasteiger partial charge on any atom is 0.250 e. The van der Waals surface area contributed by atoms with E-state index in [9.17, 15) is 4.79 Å². The van der Waals surface area contributed by atoms with Crippen molar-refractivity contribution in [3.05, 3.63) is 34.9 Å². The molecule has 1 rings (SSSR count). The maximum atomic E-state index is 10.8. The van der Waals surface area contributed by atoms with Crippen molar-refractivity contribution < 1.29 is 4.79 Å². The largest absolute Gasteiger partial charge is 0.366 e. The van der Waals surface area contributed by atoms with E-state index in [0.717, 1.165) is 5.56 Å². The Balaban J connectivity index is 3.32. The van der Waals surface area contributed by atoms with Crippen LogP contribution < -0.4 is 5.73 Å². The van der Waals surface area contributed by atoms with E-state index >= 15 is 0 Å². The van der Waals surface area contributed by atoms with Crippen LogP contribution in [0.5, 0.6) is 0 Å². The molecular weight excluding hydrogens is 152 g/mol. The van der Waals surface area contributed by atoms with E-state index in [1.165, 1.54) is 0 Å². The van der Waals surface area contributed by atoms with Gasteiger partial charge in [0.2, 0.25) is 5.91 Å². The van der Waals surface area contributed by atoms with Gasteiger partial charge in [0, 0.05) is 0 Å². The number of carbonyl (C=O) groups is 1. The number of nitrogens with two attached hydrogens (primary N) is 1. The number of hydrogen-bond donors (Lipinski definition) is 1. The standard InChI is InChI=1S/C9H8N2O/c1-6-2-3-8(9(11)12)7(4-6)5-10/h2-4H,1H3,(H2,11,12). The third kappa shape index (κ3) is 1.43.